The van der Waals surface area contributed by atoms with Crippen molar-refractivity contribution in [3.8, 4) is 0 Å². The van der Waals surface area contributed by atoms with Gasteiger partial charge in [-0.25, -0.2) is 4.98 Å². The zero-order valence-corrected chi connectivity index (χ0v) is 13.4. The lowest BCUT2D eigenvalue weighted by atomic mass is 9.87. The van der Waals surface area contributed by atoms with Gasteiger partial charge in [0.1, 0.15) is 0 Å². The van der Waals surface area contributed by atoms with Crippen LogP contribution in [0.15, 0.2) is 6.20 Å². The first-order valence-electron chi connectivity index (χ1n) is 6.74. The van der Waals surface area contributed by atoms with E-state index in [0.717, 1.165) is 18.2 Å². The zero-order valence-electron chi connectivity index (χ0n) is 12.6. The number of aromatic nitrogens is 1. The molecule has 1 atom stereocenters. The van der Waals surface area contributed by atoms with Crippen LogP contribution in [-0.4, -0.2) is 24.6 Å². The van der Waals surface area contributed by atoms with Gasteiger partial charge in [0.05, 0.1) is 0 Å². The molecule has 3 nitrogen and oxygen atoms in total. The van der Waals surface area contributed by atoms with E-state index >= 15 is 0 Å². The lowest BCUT2D eigenvalue weighted by molar-refractivity contribution is 0.329. The highest BCUT2D eigenvalue weighted by Crippen LogP contribution is 2.29. The number of rotatable bonds is 6. The molecule has 1 unspecified atom stereocenters. The van der Waals surface area contributed by atoms with Crippen LogP contribution in [-0.2, 0) is 6.54 Å². The number of hydrogen-bond donors (Lipinski definition) is 1. The smallest absolute Gasteiger partial charge is 0.185 e. The molecule has 4 heteroatoms. The Bertz CT molecular complexity index is 354. The zero-order chi connectivity index (χ0) is 13.8. The molecule has 1 N–H and O–H groups in total. The fraction of sp³-hybridized carbons (Fsp3) is 0.786. The molecule has 1 heterocycles. The van der Waals surface area contributed by atoms with Gasteiger partial charge in [-0.2, -0.15) is 0 Å². The predicted octanol–water partition coefficient (Wildman–Crippen LogP) is 3.51. The van der Waals surface area contributed by atoms with Gasteiger partial charge in [-0.3, -0.25) is 0 Å². The fourth-order valence-corrected chi connectivity index (χ4v) is 2.60. The monoisotopic (exact) mass is 269 g/mol. The van der Waals surface area contributed by atoms with E-state index in [-0.39, 0.29) is 5.41 Å². The molecule has 0 aliphatic carbocycles. The molecular formula is C14H27N3S. The lowest BCUT2D eigenvalue weighted by Crippen LogP contribution is -2.39. The van der Waals surface area contributed by atoms with Gasteiger partial charge in [0.25, 0.3) is 0 Å². The van der Waals surface area contributed by atoms with Gasteiger partial charge >= 0.3 is 0 Å². The Morgan fingerprint density at radius 2 is 2.11 bits per heavy atom. The third-order valence-corrected chi connectivity index (χ3v) is 4.49. The Morgan fingerprint density at radius 1 is 1.44 bits per heavy atom. The number of anilines is 1. The molecule has 0 bridgehead atoms. The Balaban J connectivity index is 2.62. The minimum Gasteiger partial charge on any atom is -0.348 e. The second kappa shape index (κ2) is 6.53. The minimum absolute atomic E-state index is 0.265. The van der Waals surface area contributed by atoms with Gasteiger partial charge in [0, 0.05) is 30.7 Å². The maximum absolute atomic E-state index is 4.53. The van der Waals surface area contributed by atoms with Crippen LogP contribution in [0.25, 0.3) is 0 Å². The van der Waals surface area contributed by atoms with Gasteiger partial charge in [-0.05, 0) is 25.3 Å². The van der Waals surface area contributed by atoms with E-state index in [1.165, 1.54) is 11.3 Å². The summed E-state index contributed by atoms with van der Waals surface area (Å²) in [6.45, 7) is 13.3. The van der Waals surface area contributed by atoms with E-state index in [1.54, 1.807) is 11.3 Å². The molecule has 0 aliphatic heterocycles. The normalized spacial score (nSPS) is 13.7. The summed E-state index contributed by atoms with van der Waals surface area (Å²) >= 11 is 1.79. The van der Waals surface area contributed by atoms with Crippen molar-refractivity contribution < 1.29 is 0 Å². The second-order valence-electron chi connectivity index (χ2n) is 5.94. The van der Waals surface area contributed by atoms with Crippen molar-refractivity contribution in [2.75, 3.05) is 18.5 Å². The van der Waals surface area contributed by atoms with E-state index in [0.29, 0.717) is 6.04 Å². The summed E-state index contributed by atoms with van der Waals surface area (Å²) in [4.78, 5) is 8.13. The van der Waals surface area contributed by atoms with Gasteiger partial charge in [-0.15, -0.1) is 11.3 Å². The third-order valence-electron chi connectivity index (χ3n) is 3.40. The molecule has 0 saturated heterocycles. The molecule has 1 aromatic rings. The Hall–Kier alpha value is -0.610. The highest BCUT2D eigenvalue weighted by atomic mass is 32.1. The van der Waals surface area contributed by atoms with Crippen LogP contribution in [0.1, 0.15) is 45.9 Å². The average Bonchev–Trinajstić information content (AvgIpc) is 2.75. The van der Waals surface area contributed by atoms with E-state index in [2.05, 4.69) is 56.9 Å². The summed E-state index contributed by atoms with van der Waals surface area (Å²) in [6.07, 6.45) is 3.17. The summed E-state index contributed by atoms with van der Waals surface area (Å²) in [5.74, 6) is 0. The van der Waals surface area contributed by atoms with Crippen LogP contribution in [0, 0.1) is 5.41 Å². The largest absolute Gasteiger partial charge is 0.348 e. The topological polar surface area (TPSA) is 28.2 Å². The summed E-state index contributed by atoms with van der Waals surface area (Å²) in [5.41, 5.74) is 0.265. The van der Waals surface area contributed by atoms with Crippen molar-refractivity contribution in [1.82, 2.24) is 10.3 Å². The first-order chi connectivity index (χ1) is 8.36. The first-order valence-corrected chi connectivity index (χ1v) is 7.56. The molecule has 1 aromatic heterocycles. The van der Waals surface area contributed by atoms with Crippen molar-refractivity contribution in [1.29, 1.82) is 0 Å². The second-order valence-corrected chi connectivity index (χ2v) is 7.03. The maximum atomic E-state index is 4.53. The Labute approximate surface area is 116 Å². The molecule has 0 saturated carbocycles. The lowest BCUT2D eigenvalue weighted by Gasteiger charge is -2.35. The maximum Gasteiger partial charge on any atom is 0.185 e. The van der Waals surface area contributed by atoms with Crippen molar-refractivity contribution in [2.45, 2.75) is 53.6 Å². The molecule has 0 aliphatic rings. The summed E-state index contributed by atoms with van der Waals surface area (Å²) in [5, 5.41) is 4.53. The van der Waals surface area contributed by atoms with E-state index in [1.807, 2.05) is 6.20 Å². The highest BCUT2D eigenvalue weighted by Gasteiger charge is 2.25. The number of thiazole rings is 1. The van der Waals surface area contributed by atoms with Crippen molar-refractivity contribution in [2.24, 2.45) is 5.41 Å². The van der Waals surface area contributed by atoms with Crippen LogP contribution in [0.4, 0.5) is 5.13 Å². The van der Waals surface area contributed by atoms with Crippen LogP contribution in [0.2, 0.25) is 0 Å². The van der Waals surface area contributed by atoms with Gasteiger partial charge in [-0.1, -0.05) is 27.7 Å². The first kappa shape index (κ1) is 15.4. The SMILES string of the molecule is CCCNCc1cnc(N(C)C(C)C(C)(C)C)s1. The molecule has 0 fully saturated rings. The Morgan fingerprint density at radius 3 is 2.67 bits per heavy atom. The van der Waals surface area contributed by atoms with Crippen molar-refractivity contribution in [3.63, 3.8) is 0 Å². The third kappa shape index (κ3) is 4.25. The van der Waals surface area contributed by atoms with Gasteiger partial charge in [0.2, 0.25) is 0 Å². The Kier molecular flexibility index (Phi) is 5.60. The summed E-state index contributed by atoms with van der Waals surface area (Å²) < 4.78 is 0. The molecule has 1 rings (SSSR count). The van der Waals surface area contributed by atoms with Gasteiger partial charge < -0.3 is 10.2 Å². The van der Waals surface area contributed by atoms with Crippen LogP contribution in [0.3, 0.4) is 0 Å². The molecule has 104 valence electrons. The molecule has 0 spiro atoms. The molecular weight excluding hydrogens is 242 g/mol. The van der Waals surface area contributed by atoms with Crippen LogP contribution < -0.4 is 10.2 Å². The summed E-state index contributed by atoms with van der Waals surface area (Å²) in [6, 6.07) is 0.472. The fourth-order valence-electron chi connectivity index (χ4n) is 1.68. The predicted molar refractivity (Wildman–Crippen MR) is 81.4 cm³/mol. The van der Waals surface area contributed by atoms with Crippen LogP contribution in [0.5, 0.6) is 0 Å². The number of hydrogen-bond acceptors (Lipinski definition) is 4. The van der Waals surface area contributed by atoms with Gasteiger partial charge in [0.15, 0.2) is 5.13 Å². The number of nitrogens with zero attached hydrogens (tertiary/aromatic N) is 2. The molecule has 18 heavy (non-hydrogen) atoms. The van der Waals surface area contributed by atoms with E-state index in [4.69, 9.17) is 0 Å². The van der Waals surface area contributed by atoms with E-state index < -0.39 is 0 Å². The quantitative estimate of drug-likeness (QED) is 0.801. The van der Waals surface area contributed by atoms with Crippen molar-refractivity contribution in [3.05, 3.63) is 11.1 Å². The standard InChI is InChI=1S/C14H27N3S/c1-7-8-15-9-12-10-16-13(18-12)17(6)11(2)14(3,4)5/h10-11,15H,7-9H2,1-6H3. The summed E-state index contributed by atoms with van der Waals surface area (Å²) in [7, 11) is 2.14. The molecule has 0 radical (unpaired) electrons. The van der Waals surface area contributed by atoms with Crippen LogP contribution >= 0.6 is 11.3 Å². The highest BCUT2D eigenvalue weighted by molar-refractivity contribution is 7.15. The average molecular weight is 269 g/mol. The molecule has 0 aromatic carbocycles. The van der Waals surface area contributed by atoms with E-state index in [9.17, 15) is 0 Å². The minimum atomic E-state index is 0.265. The van der Waals surface area contributed by atoms with Crippen molar-refractivity contribution >= 4 is 16.5 Å². The molecule has 0 amide bonds. The number of nitrogens with one attached hydrogen (secondary N) is 1.